The van der Waals surface area contributed by atoms with Crippen molar-refractivity contribution in [3.63, 3.8) is 0 Å². The highest BCUT2D eigenvalue weighted by Crippen LogP contribution is 2.16. The van der Waals surface area contributed by atoms with Gasteiger partial charge in [0.05, 0.1) is 19.3 Å². The van der Waals surface area contributed by atoms with Gasteiger partial charge in [-0.1, -0.05) is 35.5 Å². The third-order valence-corrected chi connectivity index (χ3v) is 4.14. The minimum atomic E-state index is -0.774. The van der Waals surface area contributed by atoms with Crippen LogP contribution in [0.2, 0.25) is 0 Å². The number of piperidine rings is 1. The molecule has 1 aromatic carbocycles. The molecule has 0 atom stereocenters. The van der Waals surface area contributed by atoms with E-state index in [0.29, 0.717) is 19.7 Å². The van der Waals surface area contributed by atoms with E-state index in [0.717, 1.165) is 18.4 Å². The van der Waals surface area contributed by atoms with E-state index in [4.69, 9.17) is 15.0 Å². The van der Waals surface area contributed by atoms with Gasteiger partial charge in [0.1, 0.15) is 0 Å². The molecule has 3 rings (SSSR count). The average Bonchev–Trinajstić information content (AvgIpc) is 3.15. The highest BCUT2D eigenvalue weighted by Gasteiger charge is 2.23. The second-order valence-electron chi connectivity index (χ2n) is 6.02. The fourth-order valence-electron chi connectivity index (χ4n) is 2.70. The van der Waals surface area contributed by atoms with E-state index in [1.54, 1.807) is 4.90 Å². The van der Waals surface area contributed by atoms with Crippen molar-refractivity contribution in [2.45, 2.75) is 32.1 Å². The van der Waals surface area contributed by atoms with E-state index in [9.17, 15) is 9.59 Å². The van der Waals surface area contributed by atoms with E-state index >= 15 is 0 Å². The number of rotatable bonds is 6. The minimum Gasteiger partial charge on any atom is -0.373 e. The van der Waals surface area contributed by atoms with Crippen LogP contribution in [0.3, 0.4) is 0 Å². The fourth-order valence-corrected chi connectivity index (χ4v) is 2.70. The average molecular weight is 359 g/mol. The summed E-state index contributed by atoms with van der Waals surface area (Å²) in [5.74, 6) is -0.845. The zero-order chi connectivity index (χ0) is 18.4. The third-order valence-electron chi connectivity index (χ3n) is 4.14. The summed E-state index contributed by atoms with van der Waals surface area (Å²) >= 11 is 0. The summed E-state index contributed by atoms with van der Waals surface area (Å²) in [4.78, 5) is 28.6. The number of carbonyl (C=O) groups is 2. The molecule has 0 bridgehead atoms. The molecule has 0 saturated carbocycles. The highest BCUT2D eigenvalue weighted by molar-refractivity contribution is 5.88. The van der Waals surface area contributed by atoms with Gasteiger partial charge in [0.25, 0.3) is 11.7 Å². The standard InChI is InChI=1S/C17H21N5O4/c18-15(23)16-20-14(26-21-16)10-19-17(24)22-8-6-13(7-9-22)25-11-12-4-2-1-3-5-12/h1-5,13H,6-11H2,(H2,18,23)(H,19,24). The van der Waals surface area contributed by atoms with Crippen LogP contribution in [0.5, 0.6) is 0 Å². The van der Waals surface area contributed by atoms with Crippen molar-refractivity contribution in [1.82, 2.24) is 20.4 Å². The van der Waals surface area contributed by atoms with Gasteiger partial charge in [-0.05, 0) is 18.4 Å². The van der Waals surface area contributed by atoms with Gasteiger partial charge < -0.3 is 25.2 Å². The van der Waals surface area contributed by atoms with Crippen molar-refractivity contribution in [3.05, 3.63) is 47.6 Å². The third kappa shape index (κ3) is 4.79. The summed E-state index contributed by atoms with van der Waals surface area (Å²) in [7, 11) is 0. The Kier molecular flexibility index (Phi) is 5.80. The number of hydrogen-bond acceptors (Lipinski definition) is 6. The molecule has 3 N–H and O–H groups in total. The molecule has 1 saturated heterocycles. The van der Waals surface area contributed by atoms with Crippen molar-refractivity contribution in [3.8, 4) is 0 Å². The minimum absolute atomic E-state index is 0.0452. The second-order valence-corrected chi connectivity index (χ2v) is 6.02. The zero-order valence-electron chi connectivity index (χ0n) is 14.3. The van der Waals surface area contributed by atoms with Crippen LogP contribution < -0.4 is 11.1 Å². The number of carbonyl (C=O) groups excluding carboxylic acids is 2. The molecule has 3 amide bonds. The molecule has 138 valence electrons. The van der Waals surface area contributed by atoms with Gasteiger partial charge in [-0.2, -0.15) is 4.98 Å². The van der Waals surface area contributed by atoms with Crippen molar-refractivity contribution in [1.29, 1.82) is 0 Å². The first-order chi connectivity index (χ1) is 12.6. The van der Waals surface area contributed by atoms with Crippen LogP contribution >= 0.6 is 0 Å². The lowest BCUT2D eigenvalue weighted by Gasteiger charge is -2.31. The molecule has 26 heavy (non-hydrogen) atoms. The maximum absolute atomic E-state index is 12.2. The monoisotopic (exact) mass is 359 g/mol. The lowest BCUT2D eigenvalue weighted by atomic mass is 10.1. The smallest absolute Gasteiger partial charge is 0.317 e. The van der Waals surface area contributed by atoms with Crippen molar-refractivity contribution in [2.24, 2.45) is 5.73 Å². The number of nitrogens with zero attached hydrogens (tertiary/aromatic N) is 3. The van der Waals surface area contributed by atoms with Crippen LogP contribution in [0.1, 0.15) is 34.9 Å². The van der Waals surface area contributed by atoms with E-state index in [2.05, 4.69) is 15.5 Å². The summed E-state index contributed by atoms with van der Waals surface area (Å²) in [6.07, 6.45) is 1.72. The number of nitrogens with one attached hydrogen (secondary N) is 1. The Morgan fingerprint density at radius 3 is 2.65 bits per heavy atom. The number of benzene rings is 1. The zero-order valence-corrected chi connectivity index (χ0v) is 14.3. The molecule has 2 heterocycles. The molecular formula is C17H21N5O4. The van der Waals surface area contributed by atoms with Crippen LogP contribution in [0.15, 0.2) is 34.9 Å². The first kappa shape index (κ1) is 17.9. The lowest BCUT2D eigenvalue weighted by molar-refractivity contribution is 0.00440. The molecule has 2 aromatic rings. The Labute approximate surface area is 150 Å². The van der Waals surface area contributed by atoms with Gasteiger partial charge in [-0.3, -0.25) is 4.79 Å². The Morgan fingerprint density at radius 1 is 1.27 bits per heavy atom. The Balaban J connectivity index is 1.38. The summed E-state index contributed by atoms with van der Waals surface area (Å²) in [5.41, 5.74) is 6.18. The van der Waals surface area contributed by atoms with Gasteiger partial charge in [-0.25, -0.2) is 4.79 Å². The van der Waals surface area contributed by atoms with Crippen LogP contribution in [-0.2, 0) is 17.9 Å². The summed E-state index contributed by atoms with van der Waals surface area (Å²) < 4.78 is 10.8. The summed E-state index contributed by atoms with van der Waals surface area (Å²) in [5, 5.41) is 6.11. The molecule has 1 aromatic heterocycles. The Hall–Kier alpha value is -2.94. The number of aromatic nitrogens is 2. The van der Waals surface area contributed by atoms with Crippen LogP contribution in [0.25, 0.3) is 0 Å². The van der Waals surface area contributed by atoms with Gasteiger partial charge in [0.2, 0.25) is 5.89 Å². The maximum Gasteiger partial charge on any atom is 0.317 e. The number of amides is 3. The topological polar surface area (TPSA) is 124 Å². The molecule has 0 radical (unpaired) electrons. The van der Waals surface area contributed by atoms with Gasteiger partial charge in [0, 0.05) is 13.1 Å². The van der Waals surface area contributed by atoms with E-state index in [1.807, 2.05) is 30.3 Å². The molecule has 1 fully saturated rings. The first-order valence-electron chi connectivity index (χ1n) is 8.42. The number of nitrogens with two attached hydrogens (primary N) is 1. The fraction of sp³-hybridized carbons (Fsp3) is 0.412. The van der Waals surface area contributed by atoms with E-state index < -0.39 is 5.91 Å². The molecule has 0 aliphatic carbocycles. The number of primary amides is 1. The van der Waals surface area contributed by atoms with Crippen molar-refractivity contribution >= 4 is 11.9 Å². The number of likely N-dealkylation sites (tertiary alicyclic amines) is 1. The Morgan fingerprint density at radius 2 is 2.00 bits per heavy atom. The summed E-state index contributed by atoms with van der Waals surface area (Å²) in [6, 6.07) is 9.80. The van der Waals surface area contributed by atoms with Gasteiger partial charge in [-0.15, -0.1) is 0 Å². The van der Waals surface area contributed by atoms with Crippen LogP contribution in [0, 0.1) is 0 Å². The summed E-state index contributed by atoms with van der Waals surface area (Å²) in [6.45, 7) is 1.85. The first-order valence-corrected chi connectivity index (χ1v) is 8.42. The molecular weight excluding hydrogens is 338 g/mol. The molecule has 9 heteroatoms. The van der Waals surface area contributed by atoms with E-state index in [-0.39, 0.29) is 30.4 Å². The van der Waals surface area contributed by atoms with Crippen molar-refractivity contribution < 1.29 is 18.8 Å². The highest BCUT2D eigenvalue weighted by atomic mass is 16.5. The maximum atomic E-state index is 12.2. The Bertz CT molecular complexity index is 741. The number of urea groups is 1. The van der Waals surface area contributed by atoms with Crippen LogP contribution in [-0.4, -0.2) is 46.2 Å². The molecule has 9 nitrogen and oxygen atoms in total. The number of ether oxygens (including phenoxy) is 1. The SMILES string of the molecule is NC(=O)c1noc(CNC(=O)N2CCC(OCc3ccccc3)CC2)n1. The normalized spacial score (nSPS) is 15.0. The van der Waals surface area contributed by atoms with Gasteiger partial charge in [0.15, 0.2) is 0 Å². The predicted octanol–water partition coefficient (Wildman–Crippen LogP) is 1.06. The largest absolute Gasteiger partial charge is 0.373 e. The molecule has 1 aliphatic rings. The quantitative estimate of drug-likeness (QED) is 0.795. The van der Waals surface area contributed by atoms with Crippen LogP contribution in [0.4, 0.5) is 4.79 Å². The molecule has 0 spiro atoms. The van der Waals surface area contributed by atoms with E-state index in [1.165, 1.54) is 0 Å². The number of hydrogen-bond donors (Lipinski definition) is 2. The van der Waals surface area contributed by atoms with Crippen molar-refractivity contribution in [2.75, 3.05) is 13.1 Å². The second kappa shape index (κ2) is 8.43. The predicted molar refractivity (Wildman–Crippen MR) is 90.9 cm³/mol. The molecule has 0 unspecified atom stereocenters. The molecule has 1 aliphatic heterocycles. The van der Waals surface area contributed by atoms with Gasteiger partial charge >= 0.3 is 6.03 Å². The lowest BCUT2D eigenvalue weighted by Crippen LogP contribution is -2.45.